The smallest absolute Gasteiger partial charge is 0.232 e. The molecule has 0 fully saturated rings. The highest BCUT2D eigenvalue weighted by atomic mass is 32.2. The van der Waals surface area contributed by atoms with E-state index in [0.717, 1.165) is 21.9 Å². The van der Waals surface area contributed by atoms with Crippen molar-refractivity contribution in [3.63, 3.8) is 0 Å². The number of nitrogens with one attached hydrogen (secondary N) is 1. The second-order valence-corrected chi connectivity index (χ2v) is 6.94. The van der Waals surface area contributed by atoms with Gasteiger partial charge < -0.3 is 15.6 Å². The molecule has 0 aliphatic heterocycles. The largest absolute Gasteiger partial charge is 0.368 e. The first-order valence-electron chi connectivity index (χ1n) is 8.74. The second kappa shape index (κ2) is 8.10. The van der Waals surface area contributed by atoms with Gasteiger partial charge in [0.1, 0.15) is 5.82 Å². The third-order valence-corrected chi connectivity index (χ3v) is 4.96. The average molecular weight is 389 g/mol. The van der Waals surface area contributed by atoms with Crippen molar-refractivity contribution >= 4 is 40.4 Å². The van der Waals surface area contributed by atoms with Crippen molar-refractivity contribution in [1.29, 1.82) is 0 Å². The van der Waals surface area contributed by atoms with Crippen LogP contribution in [0, 0.1) is 0 Å². The number of nitrogens with two attached hydrogens (primary N) is 1. The zero-order valence-corrected chi connectivity index (χ0v) is 15.9. The summed E-state index contributed by atoms with van der Waals surface area (Å²) in [5.74, 6) is 1.72. The Labute approximate surface area is 166 Å². The summed E-state index contributed by atoms with van der Waals surface area (Å²) in [5, 5.41) is 4.04. The van der Waals surface area contributed by atoms with Crippen LogP contribution in [0.1, 0.15) is 5.82 Å². The molecule has 2 aromatic heterocycles. The molecule has 7 nitrogen and oxygen atoms in total. The maximum atomic E-state index is 5.88. The van der Waals surface area contributed by atoms with Crippen molar-refractivity contribution in [3.8, 4) is 0 Å². The van der Waals surface area contributed by atoms with Gasteiger partial charge in [-0.15, -0.1) is 6.58 Å². The molecule has 3 N–H and O–H groups in total. The summed E-state index contributed by atoms with van der Waals surface area (Å²) in [4.78, 5) is 17.6. The zero-order chi connectivity index (χ0) is 19.3. The van der Waals surface area contributed by atoms with E-state index in [2.05, 4.69) is 37.5 Å². The number of allylic oxidation sites excluding steroid dienone is 1. The number of imidazole rings is 1. The standard InChI is InChI=1S/C20H19N7S/c1-2-12-27-16-11-7-6-10-15(16)23-20(27)28-13-17-24-18(21)26-19(25-17)22-14-8-4-3-5-9-14/h2-11H,1,12-13H2,(H3,21,22,24,25,26). The number of fused-ring (bicyclic) bond motifs is 1. The van der Waals surface area contributed by atoms with Crippen LogP contribution in [-0.2, 0) is 12.3 Å². The predicted molar refractivity (Wildman–Crippen MR) is 113 cm³/mol. The highest BCUT2D eigenvalue weighted by Crippen LogP contribution is 2.26. The molecule has 4 aromatic rings. The van der Waals surface area contributed by atoms with E-state index >= 15 is 0 Å². The predicted octanol–water partition coefficient (Wildman–Crippen LogP) is 4.03. The number of thioether (sulfide) groups is 1. The summed E-state index contributed by atoms with van der Waals surface area (Å²) >= 11 is 1.56. The van der Waals surface area contributed by atoms with Crippen molar-refractivity contribution in [2.24, 2.45) is 0 Å². The normalized spacial score (nSPS) is 10.9. The number of aromatic nitrogens is 5. The molecular formula is C20H19N7S. The average Bonchev–Trinajstić information content (AvgIpc) is 3.05. The molecule has 0 amide bonds. The fourth-order valence-electron chi connectivity index (χ4n) is 2.81. The highest BCUT2D eigenvalue weighted by Gasteiger charge is 2.12. The first-order valence-corrected chi connectivity index (χ1v) is 9.73. The number of hydrogen-bond acceptors (Lipinski definition) is 7. The molecule has 0 saturated heterocycles. The summed E-state index contributed by atoms with van der Waals surface area (Å²) in [6.45, 7) is 4.53. The Bertz CT molecular complexity index is 1110. The van der Waals surface area contributed by atoms with Crippen LogP contribution in [0.4, 0.5) is 17.6 Å². The van der Waals surface area contributed by atoms with E-state index in [1.165, 1.54) is 0 Å². The van der Waals surface area contributed by atoms with Gasteiger partial charge in [0.15, 0.2) is 5.16 Å². The van der Waals surface area contributed by atoms with E-state index in [1.54, 1.807) is 11.8 Å². The summed E-state index contributed by atoms with van der Waals surface area (Å²) < 4.78 is 2.13. The van der Waals surface area contributed by atoms with Crippen molar-refractivity contribution in [2.45, 2.75) is 17.5 Å². The van der Waals surface area contributed by atoms with Crippen LogP contribution >= 0.6 is 11.8 Å². The van der Waals surface area contributed by atoms with Crippen LogP contribution in [0.2, 0.25) is 0 Å². The SMILES string of the molecule is C=CCn1c(SCc2nc(N)nc(Nc3ccccc3)n2)nc2ccccc21. The van der Waals surface area contributed by atoms with Gasteiger partial charge in [-0.3, -0.25) is 0 Å². The third kappa shape index (κ3) is 3.96. The van der Waals surface area contributed by atoms with E-state index in [4.69, 9.17) is 10.7 Å². The molecule has 0 spiro atoms. The Balaban J connectivity index is 1.56. The molecule has 0 aliphatic carbocycles. The fourth-order valence-corrected chi connectivity index (χ4v) is 3.69. The lowest BCUT2D eigenvalue weighted by molar-refractivity contribution is 0.748. The molecule has 2 heterocycles. The quantitative estimate of drug-likeness (QED) is 0.364. The number of benzene rings is 2. The highest BCUT2D eigenvalue weighted by molar-refractivity contribution is 7.98. The minimum atomic E-state index is 0.184. The molecule has 0 bridgehead atoms. The monoisotopic (exact) mass is 389 g/mol. The first kappa shape index (κ1) is 18.0. The lowest BCUT2D eigenvalue weighted by atomic mass is 10.3. The van der Waals surface area contributed by atoms with Gasteiger partial charge in [-0.2, -0.15) is 15.0 Å². The van der Waals surface area contributed by atoms with Gasteiger partial charge >= 0.3 is 0 Å². The van der Waals surface area contributed by atoms with Crippen molar-refractivity contribution in [3.05, 3.63) is 73.1 Å². The maximum Gasteiger partial charge on any atom is 0.232 e. The summed E-state index contributed by atoms with van der Waals surface area (Å²) in [6, 6.07) is 17.7. The number of nitrogens with zero attached hydrogens (tertiary/aromatic N) is 5. The Morgan fingerprint density at radius 3 is 2.61 bits per heavy atom. The molecule has 0 radical (unpaired) electrons. The molecule has 0 unspecified atom stereocenters. The summed E-state index contributed by atoms with van der Waals surface area (Å²) in [7, 11) is 0. The van der Waals surface area contributed by atoms with Gasteiger partial charge in [-0.05, 0) is 24.3 Å². The molecule has 8 heteroatoms. The number of rotatable bonds is 7. The number of hydrogen-bond donors (Lipinski definition) is 2. The first-order chi connectivity index (χ1) is 13.7. The number of para-hydroxylation sites is 3. The van der Waals surface area contributed by atoms with E-state index in [9.17, 15) is 0 Å². The molecular weight excluding hydrogens is 370 g/mol. The molecule has 2 aromatic carbocycles. The molecule has 0 atom stereocenters. The molecule has 28 heavy (non-hydrogen) atoms. The second-order valence-electron chi connectivity index (χ2n) is 6.00. The van der Waals surface area contributed by atoms with Gasteiger partial charge in [0.05, 0.1) is 16.8 Å². The Morgan fingerprint density at radius 1 is 1.00 bits per heavy atom. The van der Waals surface area contributed by atoms with Gasteiger partial charge in [0.25, 0.3) is 0 Å². The fraction of sp³-hybridized carbons (Fsp3) is 0.100. The topological polar surface area (TPSA) is 94.5 Å². The van der Waals surface area contributed by atoms with E-state index < -0.39 is 0 Å². The van der Waals surface area contributed by atoms with Gasteiger partial charge in [0, 0.05) is 12.2 Å². The Morgan fingerprint density at radius 2 is 1.79 bits per heavy atom. The summed E-state index contributed by atoms with van der Waals surface area (Å²) in [6.07, 6.45) is 1.86. The maximum absolute atomic E-state index is 5.88. The summed E-state index contributed by atoms with van der Waals surface area (Å²) in [5.41, 5.74) is 8.79. The van der Waals surface area contributed by atoms with Crippen LogP contribution in [0.5, 0.6) is 0 Å². The van der Waals surface area contributed by atoms with Crippen LogP contribution in [0.3, 0.4) is 0 Å². The number of anilines is 3. The van der Waals surface area contributed by atoms with Crippen LogP contribution in [0.15, 0.2) is 72.4 Å². The minimum absolute atomic E-state index is 0.184. The van der Waals surface area contributed by atoms with Crippen LogP contribution in [0.25, 0.3) is 11.0 Å². The van der Waals surface area contributed by atoms with E-state index in [-0.39, 0.29) is 5.95 Å². The van der Waals surface area contributed by atoms with Crippen molar-refractivity contribution < 1.29 is 0 Å². The zero-order valence-electron chi connectivity index (χ0n) is 15.1. The van der Waals surface area contributed by atoms with Crippen LogP contribution in [-0.4, -0.2) is 24.5 Å². The molecule has 0 aliphatic rings. The van der Waals surface area contributed by atoms with E-state index in [1.807, 2.05) is 54.6 Å². The van der Waals surface area contributed by atoms with Gasteiger partial charge in [0.2, 0.25) is 11.9 Å². The van der Waals surface area contributed by atoms with E-state index in [0.29, 0.717) is 24.1 Å². The molecule has 4 rings (SSSR count). The molecule has 0 saturated carbocycles. The lowest BCUT2D eigenvalue weighted by Gasteiger charge is -2.08. The van der Waals surface area contributed by atoms with Crippen LogP contribution < -0.4 is 11.1 Å². The van der Waals surface area contributed by atoms with Crippen molar-refractivity contribution in [2.75, 3.05) is 11.1 Å². The Kier molecular flexibility index (Phi) is 5.20. The number of nitrogen functional groups attached to an aromatic ring is 1. The lowest BCUT2D eigenvalue weighted by Crippen LogP contribution is -2.07. The van der Waals surface area contributed by atoms with Gasteiger partial charge in [-0.25, -0.2) is 4.98 Å². The Hall–Kier alpha value is -3.39. The minimum Gasteiger partial charge on any atom is -0.368 e. The van der Waals surface area contributed by atoms with Crippen molar-refractivity contribution in [1.82, 2.24) is 24.5 Å². The molecule has 140 valence electrons. The third-order valence-electron chi connectivity index (χ3n) is 3.99. The van der Waals surface area contributed by atoms with Gasteiger partial charge in [-0.1, -0.05) is 48.2 Å².